The largest absolute Gasteiger partial charge is 0.385 e. The van der Waals surface area contributed by atoms with Crippen LogP contribution in [0, 0.1) is 11.3 Å². The van der Waals surface area contributed by atoms with Crippen LogP contribution in [0.4, 0.5) is 0 Å². The molecule has 2 unspecified atom stereocenters. The lowest BCUT2D eigenvalue weighted by atomic mass is 9.66. The van der Waals surface area contributed by atoms with Gasteiger partial charge in [-0.2, -0.15) is 0 Å². The van der Waals surface area contributed by atoms with E-state index in [2.05, 4.69) is 30.3 Å². The minimum absolute atomic E-state index is 0.223. The van der Waals surface area contributed by atoms with E-state index in [0.717, 1.165) is 25.2 Å². The van der Waals surface area contributed by atoms with Gasteiger partial charge in [-0.1, -0.05) is 33.6 Å². The van der Waals surface area contributed by atoms with Crippen LogP contribution in [-0.2, 0) is 6.54 Å². The van der Waals surface area contributed by atoms with E-state index < -0.39 is 6.10 Å². The summed E-state index contributed by atoms with van der Waals surface area (Å²) in [5.74, 6) is 1.20. The van der Waals surface area contributed by atoms with Crippen LogP contribution in [-0.4, -0.2) is 14.7 Å². The normalized spacial score (nSPS) is 25.0. The molecule has 2 atom stereocenters. The van der Waals surface area contributed by atoms with Crippen LogP contribution in [0.2, 0.25) is 0 Å². The molecule has 0 bridgehead atoms. The van der Waals surface area contributed by atoms with Crippen molar-refractivity contribution in [3.05, 3.63) is 18.2 Å². The summed E-state index contributed by atoms with van der Waals surface area (Å²) in [6.07, 6.45) is 9.31. The molecule has 0 amide bonds. The molecule has 0 saturated heterocycles. The molecule has 1 aliphatic carbocycles. The van der Waals surface area contributed by atoms with Crippen LogP contribution in [0.3, 0.4) is 0 Å². The highest BCUT2D eigenvalue weighted by Gasteiger charge is 2.38. The molecular weight excluding hydrogens is 224 g/mol. The summed E-state index contributed by atoms with van der Waals surface area (Å²) in [6, 6.07) is 0. The van der Waals surface area contributed by atoms with E-state index in [1.165, 1.54) is 19.3 Å². The van der Waals surface area contributed by atoms with Crippen LogP contribution in [0.1, 0.15) is 64.8 Å². The second kappa shape index (κ2) is 5.43. The lowest BCUT2D eigenvalue weighted by Gasteiger charge is -2.41. The fourth-order valence-corrected chi connectivity index (χ4v) is 3.30. The summed E-state index contributed by atoms with van der Waals surface area (Å²) < 4.78 is 2.11. The van der Waals surface area contributed by atoms with Crippen molar-refractivity contribution >= 4 is 0 Å². The van der Waals surface area contributed by atoms with E-state index in [1.807, 2.05) is 12.4 Å². The lowest BCUT2D eigenvalue weighted by Crippen LogP contribution is -2.33. The molecule has 3 nitrogen and oxygen atoms in total. The van der Waals surface area contributed by atoms with Crippen LogP contribution >= 0.6 is 0 Å². The van der Waals surface area contributed by atoms with E-state index >= 15 is 0 Å². The molecule has 0 aliphatic heterocycles. The SMILES string of the molecule is CCCn1ccnc1C(O)C1CCCCC1(C)C. The van der Waals surface area contributed by atoms with Gasteiger partial charge in [0, 0.05) is 18.9 Å². The Kier molecular flexibility index (Phi) is 4.10. The van der Waals surface area contributed by atoms with E-state index in [4.69, 9.17) is 0 Å². The first-order chi connectivity index (χ1) is 8.56. The quantitative estimate of drug-likeness (QED) is 0.887. The van der Waals surface area contributed by atoms with Gasteiger partial charge in [0.2, 0.25) is 0 Å². The minimum Gasteiger partial charge on any atom is -0.385 e. The van der Waals surface area contributed by atoms with Crippen molar-refractivity contribution in [3.8, 4) is 0 Å². The predicted molar refractivity (Wildman–Crippen MR) is 73.2 cm³/mol. The number of imidazole rings is 1. The fraction of sp³-hybridized carbons (Fsp3) is 0.800. The Bertz CT molecular complexity index is 384. The van der Waals surface area contributed by atoms with Gasteiger partial charge in [0.25, 0.3) is 0 Å². The highest BCUT2D eigenvalue weighted by atomic mass is 16.3. The van der Waals surface area contributed by atoms with Crippen molar-refractivity contribution in [2.75, 3.05) is 0 Å². The zero-order valence-corrected chi connectivity index (χ0v) is 11.9. The van der Waals surface area contributed by atoms with E-state index in [0.29, 0.717) is 5.92 Å². The Labute approximate surface area is 110 Å². The van der Waals surface area contributed by atoms with Crippen molar-refractivity contribution in [1.82, 2.24) is 9.55 Å². The molecular formula is C15H26N2O. The van der Waals surface area contributed by atoms with Gasteiger partial charge >= 0.3 is 0 Å². The topological polar surface area (TPSA) is 38.0 Å². The Morgan fingerprint density at radius 2 is 2.28 bits per heavy atom. The standard InChI is InChI=1S/C15H26N2O/c1-4-10-17-11-9-16-14(17)13(18)12-7-5-6-8-15(12,2)3/h9,11-13,18H,4-8,10H2,1-3H3. The van der Waals surface area contributed by atoms with Gasteiger partial charge in [-0.15, -0.1) is 0 Å². The monoisotopic (exact) mass is 250 g/mol. The van der Waals surface area contributed by atoms with Gasteiger partial charge in [-0.25, -0.2) is 4.98 Å². The van der Waals surface area contributed by atoms with Crippen LogP contribution in [0.25, 0.3) is 0 Å². The summed E-state index contributed by atoms with van der Waals surface area (Å²) in [5.41, 5.74) is 0.223. The van der Waals surface area contributed by atoms with E-state index in [-0.39, 0.29) is 5.41 Å². The third-order valence-corrected chi connectivity index (χ3v) is 4.45. The Morgan fingerprint density at radius 3 is 2.94 bits per heavy atom. The molecule has 2 rings (SSSR count). The molecule has 1 fully saturated rings. The fourth-order valence-electron chi connectivity index (χ4n) is 3.30. The molecule has 1 saturated carbocycles. The second-order valence-corrected chi connectivity index (χ2v) is 6.26. The summed E-state index contributed by atoms with van der Waals surface area (Å²) in [4.78, 5) is 4.39. The lowest BCUT2D eigenvalue weighted by molar-refractivity contribution is -0.00302. The summed E-state index contributed by atoms with van der Waals surface area (Å²) >= 11 is 0. The average molecular weight is 250 g/mol. The third-order valence-electron chi connectivity index (χ3n) is 4.45. The maximum absolute atomic E-state index is 10.7. The van der Waals surface area contributed by atoms with Crippen molar-refractivity contribution in [2.45, 2.75) is 65.5 Å². The Morgan fingerprint density at radius 1 is 1.50 bits per heavy atom. The maximum Gasteiger partial charge on any atom is 0.137 e. The molecule has 1 heterocycles. The van der Waals surface area contributed by atoms with E-state index in [1.54, 1.807) is 0 Å². The molecule has 18 heavy (non-hydrogen) atoms. The number of rotatable bonds is 4. The van der Waals surface area contributed by atoms with Crippen molar-refractivity contribution in [2.24, 2.45) is 11.3 Å². The first-order valence-corrected chi connectivity index (χ1v) is 7.25. The Balaban J connectivity index is 2.19. The van der Waals surface area contributed by atoms with Crippen LogP contribution < -0.4 is 0 Å². The number of aromatic nitrogens is 2. The highest BCUT2D eigenvalue weighted by Crippen LogP contribution is 2.46. The van der Waals surface area contributed by atoms with E-state index in [9.17, 15) is 5.11 Å². The molecule has 1 aromatic heterocycles. The molecule has 0 radical (unpaired) electrons. The van der Waals surface area contributed by atoms with Crippen molar-refractivity contribution in [3.63, 3.8) is 0 Å². The average Bonchev–Trinajstić information content (AvgIpc) is 2.76. The zero-order valence-electron chi connectivity index (χ0n) is 11.9. The second-order valence-electron chi connectivity index (χ2n) is 6.26. The molecule has 102 valence electrons. The molecule has 1 aliphatic rings. The van der Waals surface area contributed by atoms with Crippen molar-refractivity contribution in [1.29, 1.82) is 0 Å². The number of aliphatic hydroxyl groups is 1. The van der Waals surface area contributed by atoms with Gasteiger partial charge in [0.1, 0.15) is 11.9 Å². The number of aliphatic hydroxyl groups excluding tert-OH is 1. The summed E-state index contributed by atoms with van der Waals surface area (Å²) in [6.45, 7) is 7.67. The highest BCUT2D eigenvalue weighted by molar-refractivity contribution is 5.02. The van der Waals surface area contributed by atoms with Gasteiger partial charge in [-0.05, 0) is 30.6 Å². The third kappa shape index (κ3) is 2.61. The molecule has 1 N–H and O–H groups in total. The number of hydrogen-bond donors (Lipinski definition) is 1. The van der Waals surface area contributed by atoms with Gasteiger partial charge in [-0.3, -0.25) is 0 Å². The molecule has 1 aromatic rings. The van der Waals surface area contributed by atoms with Gasteiger partial charge in [0.15, 0.2) is 0 Å². The summed E-state index contributed by atoms with van der Waals surface area (Å²) in [7, 11) is 0. The van der Waals surface area contributed by atoms with Crippen molar-refractivity contribution < 1.29 is 5.11 Å². The van der Waals surface area contributed by atoms with Crippen LogP contribution in [0.15, 0.2) is 12.4 Å². The first kappa shape index (κ1) is 13.6. The van der Waals surface area contributed by atoms with Gasteiger partial charge < -0.3 is 9.67 Å². The Hall–Kier alpha value is -0.830. The number of hydrogen-bond acceptors (Lipinski definition) is 2. The predicted octanol–water partition coefficient (Wildman–Crippen LogP) is 3.54. The first-order valence-electron chi connectivity index (χ1n) is 7.25. The smallest absolute Gasteiger partial charge is 0.137 e. The number of aryl methyl sites for hydroxylation is 1. The van der Waals surface area contributed by atoms with Gasteiger partial charge in [0.05, 0.1) is 0 Å². The maximum atomic E-state index is 10.7. The molecule has 0 aromatic carbocycles. The summed E-state index contributed by atoms with van der Waals surface area (Å²) in [5, 5.41) is 10.7. The van der Waals surface area contributed by atoms with Crippen LogP contribution in [0.5, 0.6) is 0 Å². The minimum atomic E-state index is -0.415. The molecule has 0 spiro atoms. The zero-order chi connectivity index (χ0) is 13.2. The molecule has 3 heteroatoms. The number of nitrogens with zero attached hydrogens (tertiary/aromatic N) is 2.